The molecule has 0 atom stereocenters. The SMILES string of the molecule is C1CCC1.CCC.CCC(C)C. The first-order chi connectivity index (χ1) is 5.68. The normalized spacial score (nSPS) is 13.5. The zero-order valence-corrected chi connectivity index (χ0v) is 9.82. The minimum Gasteiger partial charge on any atom is -0.0656 e. The van der Waals surface area contributed by atoms with Crippen LogP contribution in [0.4, 0.5) is 0 Å². The molecule has 1 rings (SSSR count). The fraction of sp³-hybridized carbons (Fsp3) is 1.00. The fourth-order valence-electron chi connectivity index (χ4n) is 0.250. The number of rotatable bonds is 1. The number of hydrogen-bond donors (Lipinski definition) is 0. The third-order valence-electron chi connectivity index (χ3n) is 1.82. The van der Waals surface area contributed by atoms with Crippen LogP contribution in [0.25, 0.3) is 0 Å². The predicted octanol–water partition coefficient (Wildman–Crippen LogP) is 5.03. The summed E-state index contributed by atoms with van der Waals surface area (Å²) in [6.45, 7) is 10.9. The molecule has 0 amide bonds. The molecular formula is C12H28. The van der Waals surface area contributed by atoms with Gasteiger partial charge >= 0.3 is 0 Å². The van der Waals surface area contributed by atoms with Crippen LogP contribution in [-0.4, -0.2) is 0 Å². The van der Waals surface area contributed by atoms with Gasteiger partial charge in [-0.1, -0.05) is 73.1 Å². The largest absolute Gasteiger partial charge is 0.0656 e. The maximum atomic E-state index is 2.22. The quantitative estimate of drug-likeness (QED) is 0.520. The molecule has 1 saturated carbocycles. The van der Waals surface area contributed by atoms with E-state index in [4.69, 9.17) is 0 Å². The van der Waals surface area contributed by atoms with Crippen molar-refractivity contribution in [2.75, 3.05) is 0 Å². The van der Waals surface area contributed by atoms with Gasteiger partial charge in [-0.3, -0.25) is 0 Å². The Morgan fingerprint density at radius 3 is 1.00 bits per heavy atom. The van der Waals surface area contributed by atoms with Gasteiger partial charge in [-0.15, -0.1) is 0 Å². The summed E-state index contributed by atoms with van der Waals surface area (Å²) in [6, 6.07) is 0. The minimum atomic E-state index is 0.884. The van der Waals surface area contributed by atoms with E-state index in [1.54, 1.807) is 0 Å². The lowest BCUT2D eigenvalue weighted by Gasteiger charge is -2.05. The zero-order valence-electron chi connectivity index (χ0n) is 9.82. The van der Waals surface area contributed by atoms with Crippen molar-refractivity contribution in [2.45, 2.75) is 73.1 Å². The highest BCUT2D eigenvalue weighted by atomic mass is 14.0. The maximum absolute atomic E-state index is 2.22. The third-order valence-corrected chi connectivity index (χ3v) is 1.82. The Morgan fingerprint density at radius 2 is 1.00 bits per heavy atom. The second-order valence-electron chi connectivity index (χ2n) is 3.92. The molecule has 0 heteroatoms. The van der Waals surface area contributed by atoms with Gasteiger partial charge in [0.05, 0.1) is 0 Å². The molecule has 1 aliphatic rings. The summed E-state index contributed by atoms with van der Waals surface area (Å²) in [5.74, 6) is 0.884. The summed E-state index contributed by atoms with van der Waals surface area (Å²) in [6.07, 6.45) is 8.56. The molecular weight excluding hydrogens is 144 g/mol. The standard InChI is InChI=1S/C5H12.C4H8.C3H8/c1-4-5(2)3;1-2-4-3-1;1-3-2/h5H,4H2,1-3H3;1-4H2;3H2,1-2H3. The molecule has 1 aliphatic carbocycles. The summed E-state index contributed by atoms with van der Waals surface area (Å²) in [4.78, 5) is 0. The van der Waals surface area contributed by atoms with Crippen LogP contribution >= 0.6 is 0 Å². The molecule has 0 spiro atoms. The Hall–Kier alpha value is 0. The average Bonchev–Trinajstić information content (AvgIpc) is 1.85. The van der Waals surface area contributed by atoms with Gasteiger partial charge in [0.15, 0.2) is 0 Å². The van der Waals surface area contributed by atoms with Crippen molar-refractivity contribution in [1.29, 1.82) is 0 Å². The lowest BCUT2D eigenvalue weighted by molar-refractivity contribution is 0.504. The number of hydrogen-bond acceptors (Lipinski definition) is 0. The van der Waals surface area contributed by atoms with E-state index in [2.05, 4.69) is 34.6 Å². The first kappa shape index (κ1) is 14.5. The molecule has 0 aromatic carbocycles. The first-order valence-electron chi connectivity index (χ1n) is 5.68. The van der Waals surface area contributed by atoms with E-state index in [-0.39, 0.29) is 0 Å². The second kappa shape index (κ2) is 13.6. The van der Waals surface area contributed by atoms with Gasteiger partial charge in [-0.25, -0.2) is 0 Å². The zero-order chi connectivity index (χ0) is 9.82. The maximum Gasteiger partial charge on any atom is -0.0474 e. The van der Waals surface area contributed by atoms with Gasteiger partial charge in [-0.2, -0.15) is 0 Å². The Bertz CT molecular complexity index is 47.1. The van der Waals surface area contributed by atoms with Crippen LogP contribution in [0.1, 0.15) is 73.1 Å². The molecule has 0 unspecified atom stereocenters. The van der Waals surface area contributed by atoms with Crippen LogP contribution < -0.4 is 0 Å². The van der Waals surface area contributed by atoms with Crippen molar-refractivity contribution < 1.29 is 0 Å². The summed E-state index contributed by atoms with van der Waals surface area (Å²) < 4.78 is 0. The summed E-state index contributed by atoms with van der Waals surface area (Å²) in [5, 5.41) is 0. The minimum absolute atomic E-state index is 0.884. The van der Waals surface area contributed by atoms with Crippen molar-refractivity contribution in [2.24, 2.45) is 5.92 Å². The Labute approximate surface area is 79.8 Å². The Morgan fingerprint density at radius 1 is 0.833 bits per heavy atom. The summed E-state index contributed by atoms with van der Waals surface area (Å²) in [5.41, 5.74) is 0. The molecule has 0 radical (unpaired) electrons. The van der Waals surface area contributed by atoms with Crippen LogP contribution in [0.3, 0.4) is 0 Å². The molecule has 0 bridgehead atoms. The third kappa shape index (κ3) is 22.5. The molecule has 0 aliphatic heterocycles. The lowest BCUT2D eigenvalue weighted by Crippen LogP contribution is -1.85. The molecule has 76 valence electrons. The van der Waals surface area contributed by atoms with E-state index < -0.39 is 0 Å². The Balaban J connectivity index is 0. The molecule has 0 nitrogen and oxygen atoms in total. The van der Waals surface area contributed by atoms with Crippen molar-refractivity contribution in [3.8, 4) is 0 Å². The van der Waals surface area contributed by atoms with E-state index in [1.165, 1.54) is 38.5 Å². The average molecular weight is 172 g/mol. The van der Waals surface area contributed by atoms with Gasteiger partial charge < -0.3 is 0 Å². The van der Waals surface area contributed by atoms with Crippen LogP contribution in [0.2, 0.25) is 0 Å². The van der Waals surface area contributed by atoms with Crippen molar-refractivity contribution in [3.05, 3.63) is 0 Å². The van der Waals surface area contributed by atoms with Crippen LogP contribution in [-0.2, 0) is 0 Å². The van der Waals surface area contributed by atoms with Crippen LogP contribution in [0, 0.1) is 5.92 Å². The molecule has 12 heavy (non-hydrogen) atoms. The van der Waals surface area contributed by atoms with Gasteiger partial charge in [0.25, 0.3) is 0 Å². The van der Waals surface area contributed by atoms with E-state index in [0.717, 1.165) is 5.92 Å². The van der Waals surface area contributed by atoms with E-state index in [1.807, 2.05) is 0 Å². The van der Waals surface area contributed by atoms with Crippen molar-refractivity contribution in [1.82, 2.24) is 0 Å². The highest BCUT2D eigenvalue weighted by Gasteiger charge is 1.95. The van der Waals surface area contributed by atoms with E-state index in [0.29, 0.717) is 0 Å². The molecule has 0 aromatic heterocycles. The molecule has 0 N–H and O–H groups in total. The lowest BCUT2D eigenvalue weighted by atomic mass is 10.0. The highest BCUT2D eigenvalue weighted by molar-refractivity contribution is 4.50. The summed E-state index contributed by atoms with van der Waals surface area (Å²) in [7, 11) is 0. The smallest absolute Gasteiger partial charge is 0.0474 e. The van der Waals surface area contributed by atoms with Crippen LogP contribution in [0.5, 0.6) is 0 Å². The topological polar surface area (TPSA) is 0 Å². The van der Waals surface area contributed by atoms with Crippen molar-refractivity contribution in [3.63, 3.8) is 0 Å². The molecule has 1 fully saturated rings. The van der Waals surface area contributed by atoms with E-state index in [9.17, 15) is 0 Å². The van der Waals surface area contributed by atoms with E-state index >= 15 is 0 Å². The van der Waals surface area contributed by atoms with Gasteiger partial charge in [0.1, 0.15) is 0 Å². The Kier molecular flexibility index (Phi) is 16.4. The first-order valence-corrected chi connectivity index (χ1v) is 5.68. The highest BCUT2D eigenvalue weighted by Crippen LogP contribution is 2.15. The van der Waals surface area contributed by atoms with Gasteiger partial charge in [0, 0.05) is 0 Å². The van der Waals surface area contributed by atoms with Crippen LogP contribution in [0.15, 0.2) is 0 Å². The molecule has 0 aromatic rings. The van der Waals surface area contributed by atoms with Gasteiger partial charge in [-0.05, 0) is 5.92 Å². The predicted molar refractivity (Wildman–Crippen MR) is 59.6 cm³/mol. The van der Waals surface area contributed by atoms with Gasteiger partial charge in [0.2, 0.25) is 0 Å². The fourth-order valence-corrected chi connectivity index (χ4v) is 0.250. The summed E-state index contributed by atoms with van der Waals surface area (Å²) >= 11 is 0. The monoisotopic (exact) mass is 172 g/mol. The van der Waals surface area contributed by atoms with Crippen molar-refractivity contribution >= 4 is 0 Å². The molecule has 0 saturated heterocycles. The second-order valence-corrected chi connectivity index (χ2v) is 3.92. The molecule has 0 heterocycles.